The highest BCUT2D eigenvalue weighted by atomic mass is 16.5. The first-order valence-electron chi connectivity index (χ1n) is 11.5. The zero-order valence-corrected chi connectivity index (χ0v) is 17.3. The predicted octanol–water partition coefficient (Wildman–Crippen LogP) is 4.91. The second kappa shape index (κ2) is 5.57. The number of nitrogens with zero attached hydrogens (tertiary/aromatic N) is 2. The van der Waals surface area contributed by atoms with Crippen LogP contribution in [0.25, 0.3) is 0 Å². The summed E-state index contributed by atoms with van der Waals surface area (Å²) in [6.45, 7) is 2.58. The number of hydrogen-bond acceptors (Lipinski definition) is 3. The number of hydrogen-bond donors (Lipinski definition) is 0. The van der Waals surface area contributed by atoms with Crippen LogP contribution in [-0.4, -0.2) is 37.2 Å². The Morgan fingerprint density at radius 2 is 1.86 bits per heavy atom. The van der Waals surface area contributed by atoms with Crippen LogP contribution in [0.15, 0.2) is 48.5 Å². The van der Waals surface area contributed by atoms with Gasteiger partial charge in [-0.3, -0.25) is 4.90 Å². The summed E-state index contributed by atoms with van der Waals surface area (Å²) >= 11 is 0. The van der Waals surface area contributed by atoms with Crippen LogP contribution in [0, 0.1) is 5.41 Å². The first-order valence-corrected chi connectivity index (χ1v) is 11.5. The molecule has 5 atom stereocenters. The number of anilines is 1. The molecule has 3 nitrogen and oxygen atoms in total. The average molecular weight is 387 g/mol. The van der Waals surface area contributed by atoms with Crippen molar-refractivity contribution in [2.75, 3.05) is 25.1 Å². The smallest absolute Gasteiger partial charge is 0.142 e. The van der Waals surface area contributed by atoms with Gasteiger partial charge in [0.1, 0.15) is 5.75 Å². The molecule has 0 aromatic heterocycles. The number of piperidine rings is 1. The minimum atomic E-state index is 0.298. The van der Waals surface area contributed by atoms with Crippen molar-refractivity contribution in [1.82, 2.24) is 4.90 Å². The van der Waals surface area contributed by atoms with E-state index in [9.17, 15) is 0 Å². The second-order valence-electron chi connectivity index (χ2n) is 10.1. The SMILES string of the molecule is COc1cccc2c1N1C(c3ccccc3)CC34CCCN5CCC2(C1CC3)C54. The molecule has 5 heterocycles. The van der Waals surface area contributed by atoms with Crippen LogP contribution in [0.3, 0.4) is 0 Å². The topological polar surface area (TPSA) is 15.7 Å². The Morgan fingerprint density at radius 3 is 2.72 bits per heavy atom. The molecular formula is C26H30N2O. The van der Waals surface area contributed by atoms with E-state index in [4.69, 9.17) is 4.74 Å². The Labute approximate surface area is 173 Å². The van der Waals surface area contributed by atoms with Gasteiger partial charge in [0.2, 0.25) is 0 Å². The molecular weight excluding hydrogens is 356 g/mol. The molecule has 150 valence electrons. The largest absolute Gasteiger partial charge is 0.495 e. The summed E-state index contributed by atoms with van der Waals surface area (Å²) in [6.07, 6.45) is 8.15. The highest BCUT2D eigenvalue weighted by Crippen LogP contribution is 2.71. The standard InChI is InChI=1S/C26H30N2O/c1-29-21-10-5-9-19-23(21)28-20(18-7-3-2-4-8-18)17-25-12-6-15-27-16-14-26(19,24(25)27)22(28)11-13-25/h2-5,7-10,20,22,24H,6,11-17H2,1H3. The van der Waals surface area contributed by atoms with Gasteiger partial charge in [-0.1, -0.05) is 42.5 Å². The average Bonchev–Trinajstić information content (AvgIpc) is 3.21. The molecule has 4 saturated heterocycles. The normalized spacial score (nSPS) is 39.2. The summed E-state index contributed by atoms with van der Waals surface area (Å²) in [4.78, 5) is 5.75. The van der Waals surface area contributed by atoms with E-state index < -0.39 is 0 Å². The summed E-state index contributed by atoms with van der Waals surface area (Å²) in [5, 5.41) is 0. The van der Waals surface area contributed by atoms with E-state index in [1.165, 1.54) is 62.9 Å². The predicted molar refractivity (Wildman–Crippen MR) is 116 cm³/mol. The molecule has 0 N–H and O–H groups in total. The second-order valence-corrected chi connectivity index (χ2v) is 10.1. The van der Waals surface area contributed by atoms with Crippen molar-refractivity contribution in [3.63, 3.8) is 0 Å². The van der Waals surface area contributed by atoms with Gasteiger partial charge in [-0.15, -0.1) is 0 Å². The van der Waals surface area contributed by atoms with Crippen molar-refractivity contribution in [2.24, 2.45) is 5.41 Å². The van der Waals surface area contributed by atoms with Gasteiger partial charge >= 0.3 is 0 Å². The molecule has 2 aromatic carbocycles. The molecule has 4 bridgehead atoms. The fourth-order valence-electron chi connectivity index (χ4n) is 8.62. The Bertz CT molecular complexity index is 974. The third-order valence-corrected chi connectivity index (χ3v) is 9.31. The van der Waals surface area contributed by atoms with Crippen molar-refractivity contribution < 1.29 is 4.74 Å². The first-order chi connectivity index (χ1) is 14.3. The zero-order chi connectivity index (χ0) is 19.2. The van der Waals surface area contributed by atoms with E-state index in [2.05, 4.69) is 58.3 Å². The summed E-state index contributed by atoms with van der Waals surface area (Å²) in [5.74, 6) is 1.08. The van der Waals surface area contributed by atoms with Crippen LogP contribution in [0.4, 0.5) is 5.69 Å². The maximum atomic E-state index is 5.98. The molecule has 2 spiro atoms. The highest BCUT2D eigenvalue weighted by Gasteiger charge is 2.71. The van der Waals surface area contributed by atoms with E-state index in [1.54, 1.807) is 5.56 Å². The monoisotopic (exact) mass is 386 g/mol. The molecule has 29 heavy (non-hydrogen) atoms. The molecule has 2 aromatic rings. The number of para-hydroxylation sites is 1. The highest BCUT2D eigenvalue weighted by molar-refractivity contribution is 5.75. The van der Waals surface area contributed by atoms with Gasteiger partial charge in [0, 0.05) is 17.5 Å². The lowest BCUT2D eigenvalue weighted by atomic mass is 9.52. The van der Waals surface area contributed by atoms with Crippen molar-refractivity contribution in [3.05, 3.63) is 59.7 Å². The van der Waals surface area contributed by atoms with Gasteiger partial charge in [0.05, 0.1) is 18.8 Å². The van der Waals surface area contributed by atoms with Crippen LogP contribution in [0.5, 0.6) is 5.75 Å². The molecule has 0 radical (unpaired) electrons. The quantitative estimate of drug-likeness (QED) is 0.729. The lowest BCUT2D eigenvalue weighted by Gasteiger charge is -2.56. The molecule has 5 fully saturated rings. The van der Waals surface area contributed by atoms with Gasteiger partial charge < -0.3 is 9.64 Å². The van der Waals surface area contributed by atoms with Crippen LogP contribution < -0.4 is 9.64 Å². The third kappa shape index (κ3) is 1.85. The summed E-state index contributed by atoms with van der Waals surface area (Å²) in [5.41, 5.74) is 5.27. The minimum Gasteiger partial charge on any atom is -0.495 e. The van der Waals surface area contributed by atoms with Gasteiger partial charge in [-0.05, 0) is 74.2 Å². The summed E-state index contributed by atoms with van der Waals surface area (Å²) in [7, 11) is 1.85. The van der Waals surface area contributed by atoms with E-state index in [1.807, 2.05) is 7.11 Å². The lowest BCUT2D eigenvalue weighted by Crippen LogP contribution is -2.62. The van der Waals surface area contributed by atoms with Gasteiger partial charge in [0.15, 0.2) is 0 Å². The Kier molecular flexibility index (Phi) is 3.22. The Balaban J connectivity index is 1.54. The van der Waals surface area contributed by atoms with Crippen molar-refractivity contribution in [1.29, 1.82) is 0 Å². The van der Waals surface area contributed by atoms with E-state index in [0.29, 0.717) is 29.0 Å². The zero-order valence-electron chi connectivity index (χ0n) is 17.3. The van der Waals surface area contributed by atoms with Crippen LogP contribution in [0.2, 0.25) is 0 Å². The van der Waals surface area contributed by atoms with Gasteiger partial charge in [-0.25, -0.2) is 0 Å². The number of methoxy groups -OCH3 is 1. The maximum Gasteiger partial charge on any atom is 0.142 e. The molecule has 8 rings (SSSR count). The number of ether oxygens (including phenoxy) is 1. The van der Waals surface area contributed by atoms with Crippen molar-refractivity contribution in [3.8, 4) is 5.75 Å². The molecule has 5 aliphatic heterocycles. The molecule has 1 saturated carbocycles. The van der Waals surface area contributed by atoms with Crippen LogP contribution >= 0.6 is 0 Å². The van der Waals surface area contributed by atoms with Gasteiger partial charge in [-0.2, -0.15) is 0 Å². The number of rotatable bonds is 2. The van der Waals surface area contributed by atoms with E-state index in [-0.39, 0.29) is 0 Å². The van der Waals surface area contributed by atoms with Crippen molar-refractivity contribution in [2.45, 2.75) is 62.1 Å². The van der Waals surface area contributed by atoms with Crippen LogP contribution in [-0.2, 0) is 5.41 Å². The lowest BCUT2D eigenvalue weighted by molar-refractivity contribution is -0.0252. The maximum absolute atomic E-state index is 5.98. The number of benzene rings is 2. The summed E-state index contributed by atoms with van der Waals surface area (Å²) < 4.78 is 5.98. The number of fused-ring (bicyclic) bond motifs is 3. The first kappa shape index (κ1) is 16.8. The van der Waals surface area contributed by atoms with Crippen LogP contribution in [0.1, 0.15) is 55.7 Å². The summed E-state index contributed by atoms with van der Waals surface area (Å²) in [6, 6.07) is 20.0. The molecule has 1 aliphatic carbocycles. The van der Waals surface area contributed by atoms with Crippen molar-refractivity contribution >= 4 is 5.69 Å². The molecule has 0 amide bonds. The molecule has 5 unspecified atom stereocenters. The fourth-order valence-corrected chi connectivity index (χ4v) is 8.62. The van der Waals surface area contributed by atoms with E-state index in [0.717, 1.165) is 5.75 Å². The Hall–Kier alpha value is -2.00. The Morgan fingerprint density at radius 1 is 0.966 bits per heavy atom. The third-order valence-electron chi connectivity index (χ3n) is 9.31. The van der Waals surface area contributed by atoms with Gasteiger partial charge in [0.25, 0.3) is 0 Å². The fraction of sp³-hybridized carbons (Fsp3) is 0.538. The van der Waals surface area contributed by atoms with E-state index >= 15 is 0 Å². The molecule has 3 heteroatoms. The minimum absolute atomic E-state index is 0.298. The molecule has 6 aliphatic rings.